The summed E-state index contributed by atoms with van der Waals surface area (Å²) in [6.45, 7) is 2.21. The molecule has 0 aromatic heterocycles. The first-order valence-electron chi connectivity index (χ1n) is 10.0. The Balaban J connectivity index is 1.59. The Bertz CT molecular complexity index is 850. The van der Waals surface area contributed by atoms with E-state index in [9.17, 15) is 13.2 Å². The van der Waals surface area contributed by atoms with Crippen LogP contribution in [0.2, 0.25) is 0 Å². The first-order chi connectivity index (χ1) is 13.1. The van der Waals surface area contributed by atoms with Gasteiger partial charge < -0.3 is 0 Å². The predicted molar refractivity (Wildman–Crippen MR) is 103 cm³/mol. The van der Waals surface area contributed by atoms with E-state index in [-0.39, 0.29) is 17.3 Å². The Hall–Kier alpha value is -2.03. The minimum absolute atomic E-state index is 0.0518. The maximum Gasteiger partial charge on any atom is 0.133 e. The van der Waals surface area contributed by atoms with E-state index in [0.29, 0.717) is 24.0 Å². The van der Waals surface area contributed by atoms with Crippen LogP contribution in [0.1, 0.15) is 67.2 Å². The highest BCUT2D eigenvalue weighted by Gasteiger charge is 2.25. The Labute approximate surface area is 159 Å². The molecule has 0 bridgehead atoms. The largest absolute Gasteiger partial charge is 0.207 e. The van der Waals surface area contributed by atoms with Crippen molar-refractivity contribution in [3.8, 4) is 0 Å². The van der Waals surface area contributed by atoms with E-state index in [1.807, 2.05) is 6.07 Å². The molecule has 1 saturated carbocycles. The van der Waals surface area contributed by atoms with Gasteiger partial charge in [0.15, 0.2) is 0 Å². The average Bonchev–Trinajstić information content (AvgIpc) is 2.67. The van der Waals surface area contributed by atoms with Gasteiger partial charge in [0.2, 0.25) is 0 Å². The van der Waals surface area contributed by atoms with Crippen LogP contribution < -0.4 is 0 Å². The molecule has 0 atom stereocenters. The van der Waals surface area contributed by atoms with E-state index in [2.05, 4.69) is 6.92 Å². The van der Waals surface area contributed by atoms with Crippen LogP contribution in [-0.2, 0) is 12.8 Å². The number of benzene rings is 2. The van der Waals surface area contributed by atoms with Crippen LogP contribution in [0.5, 0.6) is 0 Å². The predicted octanol–water partition coefficient (Wildman–Crippen LogP) is 6.97. The Morgan fingerprint density at radius 1 is 0.926 bits per heavy atom. The van der Waals surface area contributed by atoms with Gasteiger partial charge in [-0.15, -0.1) is 0 Å². The topological polar surface area (TPSA) is 0 Å². The fourth-order valence-electron chi connectivity index (χ4n) is 4.73. The molecule has 0 spiro atoms. The zero-order valence-corrected chi connectivity index (χ0v) is 15.7. The summed E-state index contributed by atoms with van der Waals surface area (Å²) in [5.74, 6) is -0.228. The molecule has 3 heteroatoms. The van der Waals surface area contributed by atoms with Crippen molar-refractivity contribution in [2.45, 2.75) is 57.8 Å². The minimum atomic E-state index is -0.492. The highest BCUT2D eigenvalue weighted by molar-refractivity contribution is 5.71. The second-order valence-electron chi connectivity index (χ2n) is 7.97. The lowest BCUT2D eigenvalue weighted by Gasteiger charge is -2.28. The lowest BCUT2D eigenvalue weighted by molar-refractivity contribution is 0.318. The molecule has 0 unspecified atom stereocenters. The number of halogens is 3. The number of allylic oxidation sites excluding steroid dienone is 2. The van der Waals surface area contributed by atoms with Crippen LogP contribution in [0, 0.1) is 23.4 Å². The average molecular weight is 370 g/mol. The van der Waals surface area contributed by atoms with E-state index in [1.54, 1.807) is 12.1 Å². The Morgan fingerprint density at radius 2 is 1.63 bits per heavy atom. The van der Waals surface area contributed by atoms with Crippen LogP contribution >= 0.6 is 0 Å². The number of fused-ring (bicyclic) bond motifs is 1. The van der Waals surface area contributed by atoms with Crippen molar-refractivity contribution in [2.75, 3.05) is 0 Å². The molecular weight excluding hydrogens is 345 g/mol. The van der Waals surface area contributed by atoms with Crippen LogP contribution in [0.4, 0.5) is 13.2 Å². The second-order valence-corrected chi connectivity index (χ2v) is 7.97. The molecule has 0 radical (unpaired) electrons. The molecule has 0 heterocycles. The minimum Gasteiger partial charge on any atom is -0.207 e. The molecule has 2 aromatic carbocycles. The van der Waals surface area contributed by atoms with Crippen molar-refractivity contribution in [3.63, 3.8) is 0 Å². The Kier molecular flexibility index (Phi) is 5.12. The van der Waals surface area contributed by atoms with Crippen molar-refractivity contribution < 1.29 is 13.2 Å². The van der Waals surface area contributed by atoms with Gasteiger partial charge in [-0.1, -0.05) is 31.6 Å². The van der Waals surface area contributed by atoms with Gasteiger partial charge in [0.1, 0.15) is 17.5 Å². The highest BCUT2D eigenvalue weighted by atomic mass is 19.1. The first-order valence-corrected chi connectivity index (χ1v) is 10.0. The summed E-state index contributed by atoms with van der Waals surface area (Å²) in [5, 5.41) is 0. The van der Waals surface area contributed by atoms with Crippen LogP contribution in [0.25, 0.3) is 5.57 Å². The van der Waals surface area contributed by atoms with Gasteiger partial charge >= 0.3 is 0 Å². The third-order valence-corrected chi connectivity index (χ3v) is 6.43. The zero-order valence-electron chi connectivity index (χ0n) is 15.7. The molecule has 0 nitrogen and oxygen atoms in total. The lowest BCUT2D eigenvalue weighted by atomic mass is 9.77. The quantitative estimate of drug-likeness (QED) is 0.547. The molecule has 2 aliphatic rings. The molecule has 27 heavy (non-hydrogen) atoms. The SMILES string of the molecule is CCC1CCC(c2cc(F)c(C3=CCc4c(F)cccc4C3)c(F)c2)CC1. The van der Waals surface area contributed by atoms with E-state index in [4.69, 9.17) is 0 Å². The standard InChI is InChI=1S/C24H25F3/c1-2-15-6-8-16(9-7-15)19-13-22(26)24(23(27)14-19)18-10-11-20-17(12-18)4-3-5-21(20)25/h3-5,10,13-16H,2,6-9,11-12H2,1H3. The van der Waals surface area contributed by atoms with Crippen LogP contribution in [0.3, 0.4) is 0 Å². The van der Waals surface area contributed by atoms with E-state index in [1.165, 1.54) is 24.6 Å². The van der Waals surface area contributed by atoms with Gasteiger partial charge in [-0.3, -0.25) is 0 Å². The maximum absolute atomic E-state index is 14.9. The van der Waals surface area contributed by atoms with Crippen molar-refractivity contribution >= 4 is 5.57 Å². The second kappa shape index (κ2) is 7.53. The van der Waals surface area contributed by atoms with Gasteiger partial charge in [-0.2, -0.15) is 0 Å². The number of rotatable bonds is 3. The van der Waals surface area contributed by atoms with Gasteiger partial charge in [0, 0.05) is 5.56 Å². The maximum atomic E-state index is 14.9. The number of hydrogen-bond donors (Lipinski definition) is 0. The molecule has 0 N–H and O–H groups in total. The van der Waals surface area contributed by atoms with E-state index < -0.39 is 11.6 Å². The van der Waals surface area contributed by atoms with Crippen LogP contribution in [0.15, 0.2) is 36.4 Å². The monoisotopic (exact) mass is 370 g/mol. The summed E-state index contributed by atoms with van der Waals surface area (Å²) >= 11 is 0. The molecule has 2 aliphatic carbocycles. The molecule has 0 aliphatic heterocycles. The van der Waals surface area contributed by atoms with Gasteiger partial charge in [0.05, 0.1) is 0 Å². The van der Waals surface area contributed by atoms with Gasteiger partial charge in [-0.05, 0) is 90.8 Å². The molecule has 1 fully saturated rings. The summed E-state index contributed by atoms with van der Waals surface area (Å²) in [4.78, 5) is 0. The third kappa shape index (κ3) is 3.56. The third-order valence-electron chi connectivity index (χ3n) is 6.43. The molecule has 0 amide bonds. The fraction of sp³-hybridized carbons (Fsp3) is 0.417. The van der Waals surface area contributed by atoms with E-state index >= 15 is 0 Å². The van der Waals surface area contributed by atoms with Crippen molar-refractivity contribution in [2.24, 2.45) is 5.92 Å². The fourth-order valence-corrected chi connectivity index (χ4v) is 4.73. The van der Waals surface area contributed by atoms with Crippen LogP contribution in [-0.4, -0.2) is 0 Å². The summed E-state index contributed by atoms with van der Waals surface area (Å²) < 4.78 is 43.7. The molecule has 2 aromatic rings. The summed E-state index contributed by atoms with van der Waals surface area (Å²) in [6, 6.07) is 7.97. The summed E-state index contributed by atoms with van der Waals surface area (Å²) in [6.07, 6.45) is 7.97. The summed E-state index contributed by atoms with van der Waals surface area (Å²) in [5.41, 5.74) is 2.89. The molecular formula is C24H25F3. The number of hydrogen-bond acceptors (Lipinski definition) is 0. The summed E-state index contributed by atoms with van der Waals surface area (Å²) in [7, 11) is 0. The Morgan fingerprint density at radius 3 is 2.30 bits per heavy atom. The smallest absolute Gasteiger partial charge is 0.133 e. The normalized spacial score (nSPS) is 22.3. The molecule has 0 saturated heterocycles. The van der Waals surface area contributed by atoms with Gasteiger partial charge in [0.25, 0.3) is 0 Å². The van der Waals surface area contributed by atoms with Crippen molar-refractivity contribution in [1.82, 2.24) is 0 Å². The molecule has 4 rings (SSSR count). The van der Waals surface area contributed by atoms with Gasteiger partial charge in [-0.25, -0.2) is 13.2 Å². The lowest BCUT2D eigenvalue weighted by Crippen LogP contribution is -2.14. The zero-order chi connectivity index (χ0) is 19.0. The molecule has 142 valence electrons. The van der Waals surface area contributed by atoms with E-state index in [0.717, 1.165) is 42.7 Å². The first kappa shape index (κ1) is 18.3. The van der Waals surface area contributed by atoms with Crippen molar-refractivity contribution in [3.05, 3.63) is 76.1 Å². The highest BCUT2D eigenvalue weighted by Crippen LogP contribution is 2.39. The van der Waals surface area contributed by atoms with Crippen molar-refractivity contribution in [1.29, 1.82) is 0 Å².